The zero-order chi connectivity index (χ0) is 20.9. The fraction of sp³-hybridized carbons (Fsp3) is 0.850. The molecule has 1 fully saturated rings. The van der Waals surface area contributed by atoms with Gasteiger partial charge in [0.25, 0.3) is 0 Å². The van der Waals surface area contributed by atoms with E-state index in [0.29, 0.717) is 31.3 Å². The number of urea groups is 1. The Kier molecular flexibility index (Phi) is 12.2. The third-order valence-electron chi connectivity index (χ3n) is 5.08. The minimum atomic E-state index is -0.590. The van der Waals surface area contributed by atoms with Crippen LogP contribution in [0, 0.1) is 5.92 Å². The van der Waals surface area contributed by atoms with Crippen LogP contribution in [-0.4, -0.2) is 78.9 Å². The molecule has 0 spiro atoms. The standard InChI is InChI=1S/C20H38N4O3S/c1-16(19(26)21-11-13-23(3)4)22-20(27)24(14-15-28-17(2)25)12-10-18-8-6-5-7-9-18/h16,18H,5-15H2,1-4H3,(H,21,26)(H,22,27)/t16-/m0/s1. The lowest BCUT2D eigenvalue weighted by Crippen LogP contribution is -2.51. The number of nitrogens with one attached hydrogen (secondary N) is 2. The Hall–Kier alpha value is -1.28. The highest BCUT2D eigenvalue weighted by molar-refractivity contribution is 8.13. The van der Waals surface area contributed by atoms with Crippen LogP contribution < -0.4 is 10.6 Å². The topological polar surface area (TPSA) is 81.8 Å². The summed E-state index contributed by atoms with van der Waals surface area (Å²) in [7, 11) is 3.89. The van der Waals surface area contributed by atoms with Crippen molar-refractivity contribution in [2.75, 3.05) is 46.0 Å². The van der Waals surface area contributed by atoms with Gasteiger partial charge < -0.3 is 20.4 Å². The number of rotatable bonds is 11. The molecule has 1 aliphatic carbocycles. The molecule has 3 amide bonds. The fourth-order valence-electron chi connectivity index (χ4n) is 3.33. The van der Waals surface area contributed by atoms with Crippen LogP contribution in [0.1, 0.15) is 52.4 Å². The van der Waals surface area contributed by atoms with E-state index in [2.05, 4.69) is 10.6 Å². The van der Waals surface area contributed by atoms with Gasteiger partial charge >= 0.3 is 6.03 Å². The molecule has 0 unspecified atom stereocenters. The Morgan fingerprint density at radius 3 is 2.36 bits per heavy atom. The van der Waals surface area contributed by atoms with Crippen molar-refractivity contribution in [3.63, 3.8) is 0 Å². The molecule has 1 rings (SSSR count). The van der Waals surface area contributed by atoms with E-state index in [0.717, 1.165) is 13.0 Å². The summed E-state index contributed by atoms with van der Waals surface area (Å²) in [5, 5.41) is 5.70. The van der Waals surface area contributed by atoms with Crippen molar-refractivity contribution in [2.24, 2.45) is 5.92 Å². The molecule has 2 N–H and O–H groups in total. The average Bonchev–Trinajstić information content (AvgIpc) is 2.64. The molecule has 7 nitrogen and oxygen atoms in total. The normalized spacial score (nSPS) is 15.9. The predicted octanol–water partition coefficient (Wildman–Crippen LogP) is 2.31. The van der Waals surface area contributed by atoms with Crippen molar-refractivity contribution in [3.05, 3.63) is 0 Å². The molecule has 0 bridgehead atoms. The Morgan fingerprint density at radius 1 is 1.07 bits per heavy atom. The van der Waals surface area contributed by atoms with E-state index in [-0.39, 0.29) is 17.1 Å². The summed E-state index contributed by atoms with van der Waals surface area (Å²) in [6.45, 7) is 5.72. The summed E-state index contributed by atoms with van der Waals surface area (Å²) >= 11 is 1.23. The number of hydrogen-bond donors (Lipinski definition) is 2. The van der Waals surface area contributed by atoms with E-state index in [1.54, 1.807) is 11.8 Å². The first-order chi connectivity index (χ1) is 13.3. The highest BCUT2D eigenvalue weighted by Gasteiger charge is 2.21. The van der Waals surface area contributed by atoms with Gasteiger partial charge in [-0.25, -0.2) is 4.79 Å². The first-order valence-electron chi connectivity index (χ1n) is 10.4. The largest absolute Gasteiger partial charge is 0.353 e. The number of nitrogens with zero attached hydrogens (tertiary/aromatic N) is 2. The van der Waals surface area contributed by atoms with Crippen molar-refractivity contribution in [3.8, 4) is 0 Å². The maximum absolute atomic E-state index is 12.7. The first-order valence-corrected chi connectivity index (χ1v) is 11.4. The van der Waals surface area contributed by atoms with E-state index in [1.165, 1.54) is 50.8 Å². The molecule has 0 heterocycles. The summed E-state index contributed by atoms with van der Waals surface area (Å²) in [5.41, 5.74) is 0. The van der Waals surface area contributed by atoms with Crippen molar-refractivity contribution in [1.29, 1.82) is 0 Å². The van der Waals surface area contributed by atoms with E-state index in [1.807, 2.05) is 19.0 Å². The second kappa shape index (κ2) is 13.8. The SMILES string of the molecule is CC(=O)SCCN(CCC1CCCCC1)C(=O)N[C@@H](C)C(=O)NCCN(C)C. The second-order valence-corrected chi connectivity index (χ2v) is 9.16. The van der Waals surface area contributed by atoms with Crippen molar-refractivity contribution >= 4 is 28.8 Å². The molecule has 162 valence electrons. The maximum Gasteiger partial charge on any atom is 0.318 e. The van der Waals surface area contributed by atoms with Crippen LogP contribution in [0.15, 0.2) is 0 Å². The molecule has 1 aliphatic rings. The molecule has 1 saturated carbocycles. The molecule has 0 aromatic carbocycles. The van der Waals surface area contributed by atoms with Gasteiger partial charge in [0.05, 0.1) is 0 Å². The zero-order valence-electron chi connectivity index (χ0n) is 18.0. The van der Waals surface area contributed by atoms with Gasteiger partial charge in [-0.1, -0.05) is 43.9 Å². The van der Waals surface area contributed by atoms with Crippen molar-refractivity contribution in [1.82, 2.24) is 20.4 Å². The lowest BCUT2D eigenvalue weighted by atomic mass is 9.87. The number of carbonyl (C=O) groups excluding carboxylic acids is 3. The molecule has 8 heteroatoms. The lowest BCUT2D eigenvalue weighted by molar-refractivity contribution is -0.122. The quantitative estimate of drug-likeness (QED) is 0.542. The molecule has 28 heavy (non-hydrogen) atoms. The maximum atomic E-state index is 12.7. The smallest absolute Gasteiger partial charge is 0.318 e. The number of likely N-dealkylation sites (N-methyl/N-ethyl adjacent to an activating group) is 1. The zero-order valence-corrected chi connectivity index (χ0v) is 18.8. The van der Waals surface area contributed by atoms with Crippen LogP contribution in [-0.2, 0) is 9.59 Å². The van der Waals surface area contributed by atoms with Crippen molar-refractivity contribution in [2.45, 2.75) is 58.4 Å². The minimum absolute atomic E-state index is 0.0567. The van der Waals surface area contributed by atoms with Gasteiger partial charge in [0.1, 0.15) is 6.04 Å². The molecular formula is C20H38N4O3S. The van der Waals surface area contributed by atoms with Gasteiger partial charge in [0, 0.05) is 38.9 Å². The molecular weight excluding hydrogens is 376 g/mol. The van der Waals surface area contributed by atoms with Crippen LogP contribution in [0.25, 0.3) is 0 Å². The summed E-state index contributed by atoms with van der Waals surface area (Å²) in [5.74, 6) is 1.08. The number of thioether (sulfide) groups is 1. The first kappa shape index (κ1) is 24.8. The molecule has 1 atom stereocenters. The molecule has 0 aromatic rings. The average molecular weight is 415 g/mol. The Morgan fingerprint density at radius 2 is 1.75 bits per heavy atom. The molecule has 0 aromatic heterocycles. The number of hydrogen-bond acceptors (Lipinski definition) is 5. The van der Waals surface area contributed by atoms with Gasteiger partial charge in [-0.3, -0.25) is 9.59 Å². The number of carbonyl (C=O) groups is 3. The predicted molar refractivity (Wildman–Crippen MR) is 115 cm³/mol. The van der Waals surface area contributed by atoms with Gasteiger partial charge in [0.15, 0.2) is 5.12 Å². The summed E-state index contributed by atoms with van der Waals surface area (Å²) in [6.07, 6.45) is 7.34. The van der Waals surface area contributed by atoms with Crippen LogP contribution >= 0.6 is 11.8 Å². The third kappa shape index (κ3) is 10.9. The summed E-state index contributed by atoms with van der Waals surface area (Å²) in [6, 6.07) is -0.817. The van der Waals surface area contributed by atoms with Gasteiger partial charge in [-0.05, 0) is 33.4 Å². The lowest BCUT2D eigenvalue weighted by Gasteiger charge is -2.28. The Bertz CT molecular complexity index is 496. The summed E-state index contributed by atoms with van der Waals surface area (Å²) < 4.78 is 0. The van der Waals surface area contributed by atoms with Crippen LogP contribution in [0.5, 0.6) is 0 Å². The van der Waals surface area contributed by atoms with E-state index in [9.17, 15) is 14.4 Å². The van der Waals surface area contributed by atoms with Crippen LogP contribution in [0.2, 0.25) is 0 Å². The minimum Gasteiger partial charge on any atom is -0.353 e. The van der Waals surface area contributed by atoms with E-state index < -0.39 is 6.04 Å². The highest BCUT2D eigenvalue weighted by atomic mass is 32.2. The van der Waals surface area contributed by atoms with Gasteiger partial charge in [0.2, 0.25) is 5.91 Å². The monoisotopic (exact) mass is 414 g/mol. The molecule has 0 aliphatic heterocycles. The van der Waals surface area contributed by atoms with Crippen LogP contribution in [0.4, 0.5) is 4.79 Å². The molecule has 0 saturated heterocycles. The molecule has 0 radical (unpaired) electrons. The highest BCUT2D eigenvalue weighted by Crippen LogP contribution is 2.26. The Balaban J connectivity index is 2.50. The van der Waals surface area contributed by atoms with E-state index in [4.69, 9.17) is 0 Å². The third-order valence-corrected chi connectivity index (χ3v) is 5.87. The van der Waals surface area contributed by atoms with Gasteiger partial charge in [-0.15, -0.1) is 0 Å². The second-order valence-electron chi connectivity index (χ2n) is 7.89. The van der Waals surface area contributed by atoms with Crippen molar-refractivity contribution < 1.29 is 14.4 Å². The van der Waals surface area contributed by atoms with Crippen LogP contribution in [0.3, 0.4) is 0 Å². The van der Waals surface area contributed by atoms with E-state index >= 15 is 0 Å². The summed E-state index contributed by atoms with van der Waals surface area (Å²) in [4.78, 5) is 39.9. The fourth-order valence-corrected chi connectivity index (χ4v) is 3.93. The van der Waals surface area contributed by atoms with Gasteiger partial charge in [-0.2, -0.15) is 0 Å². The Labute approximate surface area is 174 Å². The number of amides is 3.